The third kappa shape index (κ3) is 1.61. The Morgan fingerprint density at radius 3 is 2.57 bits per heavy atom. The van der Waals surface area contributed by atoms with Gasteiger partial charge in [0.25, 0.3) is 5.91 Å². The van der Waals surface area contributed by atoms with Gasteiger partial charge in [0, 0.05) is 7.05 Å². The molecular formula is C10H18N2O2. The van der Waals surface area contributed by atoms with Crippen LogP contribution in [0.2, 0.25) is 0 Å². The van der Waals surface area contributed by atoms with Gasteiger partial charge in [0.05, 0.1) is 13.7 Å². The minimum atomic E-state index is -0.668. The maximum Gasteiger partial charge on any atom is 0.250 e. The molecule has 1 heterocycles. The minimum Gasteiger partial charge on any atom is -0.483 e. The highest BCUT2D eigenvalue weighted by Gasteiger charge is 2.42. The first kappa shape index (κ1) is 11.0. The van der Waals surface area contributed by atoms with Crippen molar-refractivity contribution >= 4 is 11.8 Å². The van der Waals surface area contributed by atoms with Gasteiger partial charge in [0.2, 0.25) is 5.90 Å². The first-order valence-corrected chi connectivity index (χ1v) is 4.80. The summed E-state index contributed by atoms with van der Waals surface area (Å²) in [4.78, 5) is 17.9. The van der Waals surface area contributed by atoms with Crippen molar-refractivity contribution in [1.82, 2.24) is 4.90 Å². The summed E-state index contributed by atoms with van der Waals surface area (Å²) in [5.41, 5.74) is -0.668. The Morgan fingerprint density at radius 1 is 1.57 bits per heavy atom. The Bertz CT molecular complexity index is 273. The lowest BCUT2D eigenvalue weighted by molar-refractivity contribution is -0.136. The first-order valence-electron chi connectivity index (χ1n) is 4.80. The molecule has 1 atom stereocenters. The number of aliphatic imine (C=N–C) groups is 1. The molecule has 1 amide bonds. The van der Waals surface area contributed by atoms with Crippen molar-refractivity contribution in [3.05, 3.63) is 0 Å². The molecule has 0 N–H and O–H groups in total. The van der Waals surface area contributed by atoms with Crippen molar-refractivity contribution < 1.29 is 9.53 Å². The van der Waals surface area contributed by atoms with Gasteiger partial charge in [-0.2, -0.15) is 0 Å². The largest absolute Gasteiger partial charge is 0.483 e. The summed E-state index contributed by atoms with van der Waals surface area (Å²) in [6.45, 7) is 6.31. The van der Waals surface area contributed by atoms with Crippen LogP contribution in [-0.4, -0.2) is 42.9 Å². The Balaban J connectivity index is 3.08. The normalized spacial score (nSPS) is 28.0. The maximum atomic E-state index is 11.9. The molecule has 0 fully saturated rings. The lowest BCUT2D eigenvalue weighted by Crippen LogP contribution is -2.53. The number of hydrogen-bond acceptors (Lipinski definition) is 3. The molecule has 1 aliphatic heterocycles. The Morgan fingerprint density at radius 2 is 2.14 bits per heavy atom. The van der Waals surface area contributed by atoms with Crippen molar-refractivity contribution in [3.63, 3.8) is 0 Å². The van der Waals surface area contributed by atoms with E-state index >= 15 is 0 Å². The summed E-state index contributed by atoms with van der Waals surface area (Å²) < 4.78 is 5.11. The standard InChI is InChI=1S/C10H18N2O2/c1-7(2)10(3)9(13)12(4)6-8(11-10)14-5/h7H,6H2,1-5H3. The van der Waals surface area contributed by atoms with Crippen LogP contribution in [0.1, 0.15) is 20.8 Å². The SMILES string of the molecule is COC1=NC(C)(C(C)C)C(=O)N(C)C1. The number of ether oxygens (including phenoxy) is 1. The highest BCUT2D eigenvalue weighted by atomic mass is 16.5. The van der Waals surface area contributed by atoms with Crippen LogP contribution in [0, 0.1) is 5.92 Å². The van der Waals surface area contributed by atoms with Gasteiger partial charge in [-0.1, -0.05) is 13.8 Å². The number of nitrogens with zero attached hydrogens (tertiary/aromatic N) is 2. The molecule has 1 aliphatic rings. The zero-order valence-corrected chi connectivity index (χ0v) is 9.50. The number of carbonyl (C=O) groups excluding carboxylic acids is 1. The second kappa shape index (κ2) is 3.59. The van der Waals surface area contributed by atoms with E-state index < -0.39 is 5.54 Å². The van der Waals surface area contributed by atoms with Gasteiger partial charge in [-0.3, -0.25) is 4.79 Å². The molecule has 0 aliphatic carbocycles. The zero-order chi connectivity index (χ0) is 10.9. The number of methoxy groups -OCH3 is 1. The molecule has 0 saturated carbocycles. The van der Waals surface area contributed by atoms with E-state index in [0.717, 1.165) is 0 Å². The highest BCUT2D eigenvalue weighted by Crippen LogP contribution is 2.27. The molecule has 0 radical (unpaired) electrons. The van der Waals surface area contributed by atoms with Gasteiger partial charge >= 0.3 is 0 Å². The van der Waals surface area contributed by atoms with Gasteiger partial charge in [0.1, 0.15) is 5.54 Å². The number of hydrogen-bond donors (Lipinski definition) is 0. The molecule has 0 bridgehead atoms. The summed E-state index contributed by atoms with van der Waals surface area (Å²) in [7, 11) is 3.36. The predicted octanol–water partition coefficient (Wildman–Crippen LogP) is 0.918. The third-order valence-electron chi connectivity index (χ3n) is 2.87. The average molecular weight is 198 g/mol. The third-order valence-corrected chi connectivity index (χ3v) is 2.87. The second-order valence-corrected chi connectivity index (χ2v) is 4.17. The van der Waals surface area contributed by atoms with Crippen LogP contribution >= 0.6 is 0 Å². The summed E-state index contributed by atoms with van der Waals surface area (Å²) in [6, 6.07) is 0. The van der Waals surface area contributed by atoms with Gasteiger partial charge in [-0.15, -0.1) is 0 Å². The average Bonchev–Trinajstić information content (AvgIpc) is 2.13. The lowest BCUT2D eigenvalue weighted by Gasteiger charge is -2.36. The van der Waals surface area contributed by atoms with Crippen LogP contribution in [0.5, 0.6) is 0 Å². The number of likely N-dealkylation sites (N-methyl/N-ethyl adjacent to an activating group) is 1. The second-order valence-electron chi connectivity index (χ2n) is 4.17. The van der Waals surface area contributed by atoms with E-state index in [1.807, 2.05) is 20.8 Å². The van der Waals surface area contributed by atoms with E-state index in [2.05, 4.69) is 4.99 Å². The van der Waals surface area contributed by atoms with Gasteiger partial charge < -0.3 is 9.64 Å². The summed E-state index contributed by atoms with van der Waals surface area (Å²) >= 11 is 0. The van der Waals surface area contributed by atoms with Crippen LogP contribution in [0.4, 0.5) is 0 Å². The Labute approximate surface area is 84.9 Å². The molecular weight excluding hydrogens is 180 g/mol. The van der Waals surface area contributed by atoms with Gasteiger partial charge in [-0.25, -0.2) is 4.99 Å². The molecule has 14 heavy (non-hydrogen) atoms. The summed E-state index contributed by atoms with van der Waals surface area (Å²) in [5, 5.41) is 0. The molecule has 1 unspecified atom stereocenters. The van der Waals surface area contributed by atoms with E-state index in [9.17, 15) is 4.79 Å². The van der Waals surface area contributed by atoms with Crippen molar-refractivity contribution in [1.29, 1.82) is 0 Å². The number of amides is 1. The topological polar surface area (TPSA) is 41.9 Å². The molecule has 0 spiro atoms. The maximum absolute atomic E-state index is 11.9. The fraction of sp³-hybridized carbons (Fsp3) is 0.800. The lowest BCUT2D eigenvalue weighted by atomic mass is 9.86. The fourth-order valence-corrected chi connectivity index (χ4v) is 1.49. The molecule has 0 aromatic rings. The molecule has 4 nitrogen and oxygen atoms in total. The molecule has 80 valence electrons. The monoisotopic (exact) mass is 198 g/mol. The van der Waals surface area contributed by atoms with Crippen LogP contribution < -0.4 is 0 Å². The number of rotatable bonds is 1. The molecule has 0 aromatic heterocycles. The molecule has 1 rings (SSSR count). The minimum absolute atomic E-state index is 0.0632. The van der Waals surface area contributed by atoms with Gasteiger partial charge in [0.15, 0.2) is 0 Å². The summed E-state index contributed by atoms with van der Waals surface area (Å²) in [5.74, 6) is 0.861. The zero-order valence-electron chi connectivity index (χ0n) is 9.50. The van der Waals surface area contributed by atoms with E-state index in [4.69, 9.17) is 4.74 Å². The van der Waals surface area contributed by atoms with E-state index in [0.29, 0.717) is 12.4 Å². The van der Waals surface area contributed by atoms with Crippen LogP contribution in [0.15, 0.2) is 4.99 Å². The van der Waals surface area contributed by atoms with Crippen molar-refractivity contribution in [2.75, 3.05) is 20.7 Å². The van der Waals surface area contributed by atoms with Crippen molar-refractivity contribution in [2.45, 2.75) is 26.3 Å². The van der Waals surface area contributed by atoms with Crippen molar-refractivity contribution in [3.8, 4) is 0 Å². The smallest absolute Gasteiger partial charge is 0.250 e. The quantitative estimate of drug-likeness (QED) is 0.628. The van der Waals surface area contributed by atoms with Gasteiger partial charge in [-0.05, 0) is 12.8 Å². The molecule has 4 heteroatoms. The first-order chi connectivity index (χ1) is 6.41. The number of carbonyl (C=O) groups is 1. The van der Waals surface area contributed by atoms with Crippen LogP contribution in [-0.2, 0) is 9.53 Å². The van der Waals surface area contributed by atoms with Crippen LogP contribution in [0.3, 0.4) is 0 Å². The van der Waals surface area contributed by atoms with E-state index in [-0.39, 0.29) is 11.8 Å². The highest BCUT2D eigenvalue weighted by molar-refractivity contribution is 5.96. The Hall–Kier alpha value is -1.06. The fourth-order valence-electron chi connectivity index (χ4n) is 1.49. The van der Waals surface area contributed by atoms with Crippen LogP contribution in [0.25, 0.3) is 0 Å². The summed E-state index contributed by atoms with van der Waals surface area (Å²) in [6.07, 6.45) is 0. The van der Waals surface area contributed by atoms with E-state index in [1.165, 1.54) is 0 Å². The predicted molar refractivity (Wildman–Crippen MR) is 55.3 cm³/mol. The molecule has 0 saturated heterocycles. The van der Waals surface area contributed by atoms with E-state index in [1.54, 1.807) is 19.1 Å². The van der Waals surface area contributed by atoms with Crippen molar-refractivity contribution in [2.24, 2.45) is 10.9 Å². The molecule has 0 aromatic carbocycles. The Kier molecular flexibility index (Phi) is 2.83.